The Labute approximate surface area is 99.9 Å². The molecule has 2 nitrogen and oxygen atoms in total. The highest BCUT2D eigenvalue weighted by Crippen LogP contribution is 2.37. The van der Waals surface area contributed by atoms with Crippen molar-refractivity contribution in [3.05, 3.63) is 27.2 Å². The van der Waals surface area contributed by atoms with E-state index >= 15 is 0 Å². The molecule has 3 heteroatoms. The van der Waals surface area contributed by atoms with Crippen LogP contribution in [0.3, 0.4) is 0 Å². The summed E-state index contributed by atoms with van der Waals surface area (Å²) in [6, 6.07) is 2.08. The Morgan fingerprint density at radius 2 is 1.87 bits per heavy atom. The summed E-state index contributed by atoms with van der Waals surface area (Å²) in [7, 11) is 1.68. The fourth-order valence-corrected chi connectivity index (χ4v) is 1.98. The summed E-state index contributed by atoms with van der Waals surface area (Å²) in [5.41, 5.74) is 9.07. The van der Waals surface area contributed by atoms with E-state index in [0.29, 0.717) is 0 Å². The highest BCUT2D eigenvalue weighted by Gasteiger charge is 2.22. The van der Waals surface area contributed by atoms with Gasteiger partial charge in [0.25, 0.3) is 0 Å². The molecule has 0 spiro atoms. The Morgan fingerprint density at radius 1 is 1.33 bits per heavy atom. The molecule has 0 aliphatic carbocycles. The number of hydrogen-bond donors (Lipinski definition) is 1. The van der Waals surface area contributed by atoms with Crippen LogP contribution in [0, 0.1) is 13.8 Å². The normalized spacial score (nSPS) is 11.7. The molecule has 0 radical (unpaired) electrons. The number of aryl methyl sites for hydroxylation is 1. The van der Waals surface area contributed by atoms with Gasteiger partial charge in [0.05, 0.1) is 7.11 Å². The third-order valence-electron chi connectivity index (χ3n) is 2.52. The molecule has 84 valence electrons. The van der Waals surface area contributed by atoms with Gasteiger partial charge in [-0.15, -0.1) is 0 Å². The highest BCUT2D eigenvalue weighted by atomic mass is 79.9. The molecule has 1 aromatic carbocycles. The van der Waals surface area contributed by atoms with E-state index in [4.69, 9.17) is 10.5 Å². The Kier molecular flexibility index (Phi) is 3.46. The summed E-state index contributed by atoms with van der Waals surface area (Å²) in [6.07, 6.45) is 0. The van der Waals surface area contributed by atoms with Gasteiger partial charge in [0.2, 0.25) is 0 Å². The van der Waals surface area contributed by atoms with E-state index in [9.17, 15) is 0 Å². The van der Waals surface area contributed by atoms with Crippen LogP contribution in [-0.4, -0.2) is 7.11 Å². The molecular weight excluding hydrogens is 254 g/mol. The van der Waals surface area contributed by atoms with Gasteiger partial charge in [-0.3, -0.25) is 0 Å². The summed E-state index contributed by atoms with van der Waals surface area (Å²) in [5.74, 6) is 0.875. The summed E-state index contributed by atoms with van der Waals surface area (Å²) in [5, 5.41) is 0. The van der Waals surface area contributed by atoms with E-state index in [1.807, 2.05) is 20.8 Å². The molecule has 1 aromatic rings. The van der Waals surface area contributed by atoms with Crippen molar-refractivity contribution in [2.75, 3.05) is 7.11 Å². The van der Waals surface area contributed by atoms with E-state index < -0.39 is 0 Å². The Bertz CT molecular complexity index is 380. The lowest BCUT2D eigenvalue weighted by atomic mass is 9.91. The zero-order valence-corrected chi connectivity index (χ0v) is 11.5. The number of benzene rings is 1. The first-order chi connectivity index (χ1) is 6.79. The van der Waals surface area contributed by atoms with Gasteiger partial charge in [-0.05, 0) is 39.3 Å². The summed E-state index contributed by atoms with van der Waals surface area (Å²) in [4.78, 5) is 0. The van der Waals surface area contributed by atoms with Crippen LogP contribution < -0.4 is 10.5 Å². The van der Waals surface area contributed by atoms with Crippen molar-refractivity contribution in [1.82, 2.24) is 0 Å². The Morgan fingerprint density at radius 3 is 2.27 bits per heavy atom. The SMILES string of the molecule is COc1c(C(C)(C)N)cc(C)c(Br)c1C. The molecule has 0 saturated heterocycles. The smallest absolute Gasteiger partial charge is 0.127 e. The lowest BCUT2D eigenvalue weighted by molar-refractivity contribution is 0.391. The molecule has 0 atom stereocenters. The topological polar surface area (TPSA) is 35.2 Å². The zero-order valence-electron chi connectivity index (χ0n) is 9.94. The summed E-state index contributed by atoms with van der Waals surface area (Å²) >= 11 is 3.55. The maximum atomic E-state index is 6.13. The van der Waals surface area contributed by atoms with Crippen LogP contribution in [0.1, 0.15) is 30.5 Å². The van der Waals surface area contributed by atoms with Crippen molar-refractivity contribution >= 4 is 15.9 Å². The Hall–Kier alpha value is -0.540. The van der Waals surface area contributed by atoms with Crippen LogP contribution >= 0.6 is 15.9 Å². The molecule has 15 heavy (non-hydrogen) atoms. The van der Waals surface area contributed by atoms with Crippen LogP contribution in [0.4, 0.5) is 0 Å². The van der Waals surface area contributed by atoms with Crippen LogP contribution in [0.5, 0.6) is 5.75 Å². The molecule has 0 unspecified atom stereocenters. The fraction of sp³-hybridized carbons (Fsp3) is 0.500. The summed E-state index contributed by atoms with van der Waals surface area (Å²) < 4.78 is 6.52. The van der Waals surface area contributed by atoms with Crippen LogP contribution in [-0.2, 0) is 5.54 Å². The van der Waals surface area contributed by atoms with E-state index in [-0.39, 0.29) is 5.54 Å². The molecular formula is C12H18BrNO. The van der Waals surface area contributed by atoms with Gasteiger partial charge in [-0.25, -0.2) is 0 Å². The second-order valence-electron chi connectivity index (χ2n) is 4.43. The standard InChI is InChI=1S/C12H18BrNO/c1-7-6-9(12(3,4)14)11(15-5)8(2)10(7)13/h6H,14H2,1-5H3. The van der Waals surface area contributed by atoms with E-state index in [1.54, 1.807) is 7.11 Å². The molecule has 0 bridgehead atoms. The molecule has 2 N–H and O–H groups in total. The average molecular weight is 272 g/mol. The second-order valence-corrected chi connectivity index (χ2v) is 5.23. The Balaban J connectivity index is 3.53. The van der Waals surface area contributed by atoms with Crippen LogP contribution in [0.25, 0.3) is 0 Å². The van der Waals surface area contributed by atoms with Crippen molar-refractivity contribution in [2.45, 2.75) is 33.2 Å². The third-order valence-corrected chi connectivity index (χ3v) is 3.74. The number of nitrogens with two attached hydrogens (primary N) is 1. The minimum atomic E-state index is -0.387. The molecule has 1 rings (SSSR count). The molecule has 0 fully saturated rings. The van der Waals surface area contributed by atoms with Crippen LogP contribution in [0.2, 0.25) is 0 Å². The maximum absolute atomic E-state index is 6.13. The summed E-state index contributed by atoms with van der Waals surface area (Å²) in [6.45, 7) is 8.06. The van der Waals surface area contributed by atoms with Gasteiger partial charge in [0, 0.05) is 21.1 Å². The first kappa shape index (κ1) is 12.5. The number of hydrogen-bond acceptors (Lipinski definition) is 2. The van der Waals surface area contributed by atoms with E-state index in [1.165, 1.54) is 5.56 Å². The first-order valence-electron chi connectivity index (χ1n) is 4.92. The molecule has 0 heterocycles. The fourth-order valence-electron chi connectivity index (χ4n) is 1.68. The number of ether oxygens (including phenoxy) is 1. The number of rotatable bonds is 2. The van der Waals surface area contributed by atoms with Gasteiger partial charge < -0.3 is 10.5 Å². The third kappa shape index (κ3) is 2.34. The largest absolute Gasteiger partial charge is 0.496 e. The predicted molar refractivity (Wildman–Crippen MR) is 67.4 cm³/mol. The van der Waals surface area contributed by atoms with Crippen molar-refractivity contribution in [2.24, 2.45) is 5.73 Å². The maximum Gasteiger partial charge on any atom is 0.127 e. The van der Waals surface area contributed by atoms with Gasteiger partial charge in [-0.1, -0.05) is 15.9 Å². The van der Waals surface area contributed by atoms with Crippen LogP contribution in [0.15, 0.2) is 10.5 Å². The second kappa shape index (κ2) is 4.14. The zero-order chi connectivity index (χ0) is 11.8. The minimum absolute atomic E-state index is 0.387. The van der Waals surface area contributed by atoms with Gasteiger partial charge in [0.1, 0.15) is 5.75 Å². The van der Waals surface area contributed by atoms with E-state index in [0.717, 1.165) is 21.3 Å². The van der Waals surface area contributed by atoms with Gasteiger partial charge in [-0.2, -0.15) is 0 Å². The van der Waals surface area contributed by atoms with E-state index in [2.05, 4.69) is 28.9 Å². The van der Waals surface area contributed by atoms with Crippen molar-refractivity contribution in [3.63, 3.8) is 0 Å². The van der Waals surface area contributed by atoms with Crippen molar-refractivity contribution in [3.8, 4) is 5.75 Å². The molecule has 0 aliphatic rings. The van der Waals surface area contributed by atoms with Gasteiger partial charge >= 0.3 is 0 Å². The minimum Gasteiger partial charge on any atom is -0.496 e. The predicted octanol–water partition coefficient (Wildman–Crippen LogP) is 3.27. The molecule has 0 saturated carbocycles. The van der Waals surface area contributed by atoms with Gasteiger partial charge in [0.15, 0.2) is 0 Å². The highest BCUT2D eigenvalue weighted by molar-refractivity contribution is 9.10. The molecule has 0 amide bonds. The molecule has 0 aromatic heterocycles. The average Bonchev–Trinajstić information content (AvgIpc) is 2.12. The number of halogens is 1. The van der Waals surface area contributed by atoms with Crippen molar-refractivity contribution < 1.29 is 4.74 Å². The van der Waals surface area contributed by atoms with Crippen molar-refractivity contribution in [1.29, 1.82) is 0 Å². The first-order valence-corrected chi connectivity index (χ1v) is 5.71. The molecule has 0 aliphatic heterocycles. The lowest BCUT2D eigenvalue weighted by Crippen LogP contribution is -2.29. The quantitative estimate of drug-likeness (QED) is 0.896. The number of methoxy groups -OCH3 is 1. The lowest BCUT2D eigenvalue weighted by Gasteiger charge is -2.25. The monoisotopic (exact) mass is 271 g/mol.